The minimum absolute atomic E-state index is 0.151. The summed E-state index contributed by atoms with van der Waals surface area (Å²) in [5.74, 6) is 7.04. The first kappa shape index (κ1) is 40.8. The largest absolute Gasteiger partial charge is 0.490 e. The van der Waals surface area contributed by atoms with Crippen LogP contribution in [0.4, 0.5) is 0 Å². The van der Waals surface area contributed by atoms with Gasteiger partial charge in [0.25, 0.3) is 0 Å². The molecule has 0 radical (unpaired) electrons. The number of terminal acetylenes is 1. The van der Waals surface area contributed by atoms with Gasteiger partial charge in [0.15, 0.2) is 34.5 Å². The molecule has 0 aromatic heterocycles. The van der Waals surface area contributed by atoms with Crippen molar-refractivity contribution in [3.8, 4) is 46.8 Å². The molecule has 0 spiro atoms. The van der Waals surface area contributed by atoms with Crippen LogP contribution in [-0.2, 0) is 0 Å². The average Bonchev–Trinajstić information content (AvgIpc) is 3.16. The smallest absolute Gasteiger partial charge is 0.163 e. The number of ether oxygens (including phenoxy) is 6. The summed E-state index contributed by atoms with van der Waals surface area (Å²) in [5.41, 5.74) is 0. The van der Waals surface area contributed by atoms with Gasteiger partial charge in [-0.2, -0.15) is 0 Å². The van der Waals surface area contributed by atoms with Gasteiger partial charge < -0.3 is 28.4 Å². The Balaban J connectivity index is 2.01. The van der Waals surface area contributed by atoms with Crippen molar-refractivity contribution in [2.75, 3.05) is 39.6 Å². The summed E-state index contributed by atoms with van der Waals surface area (Å²) >= 11 is 0. The maximum Gasteiger partial charge on any atom is 0.163 e. The number of benzene rings is 4. The molecule has 0 aliphatic heterocycles. The number of unbranched alkanes of at least 4 members (excludes halogenated alkanes) is 10. The Bertz CT molecular complexity index is 1660. The Hall–Kier alpha value is -3.98. The normalized spacial score (nSPS) is 11.2. The lowest BCUT2D eigenvalue weighted by molar-refractivity contribution is 0.260. The van der Waals surface area contributed by atoms with E-state index < -0.39 is 0 Å². The zero-order chi connectivity index (χ0) is 37.0. The predicted octanol–water partition coefficient (Wildman–Crippen LogP) is 13.0. The fourth-order valence-electron chi connectivity index (χ4n) is 6.48. The van der Waals surface area contributed by atoms with E-state index in [2.05, 4.69) is 76.9 Å². The van der Waals surface area contributed by atoms with E-state index in [-0.39, 0.29) is 6.61 Å². The van der Waals surface area contributed by atoms with Crippen molar-refractivity contribution in [1.82, 2.24) is 0 Å². The molecule has 52 heavy (non-hydrogen) atoms. The van der Waals surface area contributed by atoms with Gasteiger partial charge in [0.2, 0.25) is 0 Å². The van der Waals surface area contributed by atoms with Crippen molar-refractivity contribution in [2.24, 2.45) is 0 Å². The lowest BCUT2D eigenvalue weighted by Crippen LogP contribution is -2.04. The molecule has 0 saturated heterocycles. The summed E-state index contributed by atoms with van der Waals surface area (Å²) in [4.78, 5) is 0. The van der Waals surface area contributed by atoms with Crippen molar-refractivity contribution < 1.29 is 28.4 Å². The summed E-state index contributed by atoms with van der Waals surface area (Å²) in [6, 6.07) is 12.9. The first-order valence-electron chi connectivity index (χ1n) is 20.3. The Labute approximate surface area is 313 Å². The van der Waals surface area contributed by atoms with E-state index in [0.717, 1.165) is 152 Å². The highest BCUT2D eigenvalue weighted by Crippen LogP contribution is 2.47. The van der Waals surface area contributed by atoms with Gasteiger partial charge in [0.05, 0.1) is 33.0 Å². The van der Waals surface area contributed by atoms with Gasteiger partial charge in [-0.25, -0.2) is 0 Å². The first-order valence-corrected chi connectivity index (χ1v) is 20.3. The molecule has 4 rings (SSSR count). The van der Waals surface area contributed by atoms with Crippen LogP contribution in [0.3, 0.4) is 0 Å². The zero-order valence-electron chi connectivity index (χ0n) is 32.8. The molecule has 0 aliphatic rings. The third-order valence-corrected chi connectivity index (χ3v) is 9.46. The predicted molar refractivity (Wildman–Crippen MR) is 218 cm³/mol. The Morgan fingerprint density at radius 3 is 0.750 bits per heavy atom. The SMILES string of the molecule is C#CCOc1cc2c(cc1OCCCCC)c1cc(OCCCCC)c(OCCCCC)cc1c1cc(OCCCCC)c(OCCCCC)cc21. The van der Waals surface area contributed by atoms with E-state index in [1.165, 1.54) is 0 Å². The maximum atomic E-state index is 6.51. The number of rotatable bonds is 27. The maximum absolute atomic E-state index is 6.51. The van der Waals surface area contributed by atoms with E-state index >= 15 is 0 Å². The molecule has 0 N–H and O–H groups in total. The number of hydrogen-bond acceptors (Lipinski definition) is 6. The van der Waals surface area contributed by atoms with E-state index in [0.29, 0.717) is 44.5 Å². The van der Waals surface area contributed by atoms with E-state index in [1.807, 2.05) is 0 Å². The zero-order valence-corrected chi connectivity index (χ0v) is 32.8. The van der Waals surface area contributed by atoms with Crippen molar-refractivity contribution in [2.45, 2.75) is 131 Å². The molecule has 284 valence electrons. The molecular formula is C46H64O6. The Morgan fingerprint density at radius 1 is 0.346 bits per heavy atom. The molecule has 0 aliphatic carbocycles. The van der Waals surface area contributed by atoms with Gasteiger partial charge in [-0.15, -0.1) is 6.42 Å². The Morgan fingerprint density at radius 2 is 0.558 bits per heavy atom. The van der Waals surface area contributed by atoms with Crippen LogP contribution in [0.5, 0.6) is 34.5 Å². The molecule has 0 heterocycles. The minimum Gasteiger partial charge on any atom is -0.490 e. The van der Waals surface area contributed by atoms with Gasteiger partial charge in [-0.1, -0.05) is 105 Å². The molecule has 0 atom stereocenters. The highest BCUT2D eigenvalue weighted by atomic mass is 16.5. The standard InChI is InChI=1S/C46H64O6/c1-7-13-18-24-48-42-30-36-35(29-41(42)47-23-12-6)37-31-43(49-25-19-14-8-2)45(51-27-21-16-10-4)33-39(37)40-34-46(52-28-22-17-11-5)44(32-38(36)40)50-26-20-15-9-3/h6,29-34H,7-11,13-28H2,1-5H3. The second kappa shape index (κ2) is 22.8. The van der Waals surface area contributed by atoms with Gasteiger partial charge in [-0.05, 0) is 101 Å². The third-order valence-electron chi connectivity index (χ3n) is 9.46. The molecular weight excluding hydrogens is 649 g/mol. The molecule has 4 aromatic rings. The van der Waals surface area contributed by atoms with Crippen LogP contribution in [0.15, 0.2) is 36.4 Å². The summed E-state index contributed by atoms with van der Waals surface area (Å²) < 4.78 is 38.6. The highest BCUT2D eigenvalue weighted by Gasteiger charge is 2.20. The molecule has 4 aromatic carbocycles. The lowest BCUT2D eigenvalue weighted by Gasteiger charge is -2.20. The molecule has 0 saturated carbocycles. The van der Waals surface area contributed by atoms with Crippen molar-refractivity contribution in [1.29, 1.82) is 0 Å². The summed E-state index contributed by atoms with van der Waals surface area (Å²) in [5, 5.41) is 6.31. The highest BCUT2D eigenvalue weighted by molar-refractivity contribution is 6.26. The van der Waals surface area contributed by atoms with Crippen LogP contribution >= 0.6 is 0 Å². The van der Waals surface area contributed by atoms with Crippen LogP contribution in [0.2, 0.25) is 0 Å². The minimum atomic E-state index is 0.151. The van der Waals surface area contributed by atoms with Crippen LogP contribution in [0, 0.1) is 12.3 Å². The monoisotopic (exact) mass is 712 g/mol. The van der Waals surface area contributed by atoms with E-state index in [9.17, 15) is 0 Å². The van der Waals surface area contributed by atoms with Crippen LogP contribution in [0.25, 0.3) is 32.3 Å². The molecule has 0 amide bonds. The molecule has 0 unspecified atom stereocenters. The molecule has 0 fully saturated rings. The van der Waals surface area contributed by atoms with Gasteiger partial charge in [-0.3, -0.25) is 0 Å². The van der Waals surface area contributed by atoms with E-state index in [4.69, 9.17) is 34.8 Å². The topological polar surface area (TPSA) is 55.4 Å². The van der Waals surface area contributed by atoms with Crippen molar-refractivity contribution in [3.05, 3.63) is 36.4 Å². The molecule has 0 bridgehead atoms. The van der Waals surface area contributed by atoms with E-state index in [1.54, 1.807) is 0 Å². The number of fused-ring (bicyclic) bond motifs is 6. The second-order valence-electron chi connectivity index (χ2n) is 13.8. The average molecular weight is 713 g/mol. The lowest BCUT2D eigenvalue weighted by atomic mass is 9.93. The fourth-order valence-corrected chi connectivity index (χ4v) is 6.48. The first-order chi connectivity index (χ1) is 25.6. The fraction of sp³-hybridized carbons (Fsp3) is 0.565. The molecule has 6 heteroatoms. The second-order valence-corrected chi connectivity index (χ2v) is 13.8. The van der Waals surface area contributed by atoms with Crippen LogP contribution in [0.1, 0.15) is 131 Å². The van der Waals surface area contributed by atoms with Crippen molar-refractivity contribution in [3.63, 3.8) is 0 Å². The van der Waals surface area contributed by atoms with Gasteiger partial charge in [0.1, 0.15) is 6.61 Å². The van der Waals surface area contributed by atoms with Gasteiger partial charge >= 0.3 is 0 Å². The third kappa shape index (κ3) is 11.5. The summed E-state index contributed by atoms with van der Waals surface area (Å²) in [7, 11) is 0. The quantitative estimate of drug-likeness (QED) is 0.0348. The van der Waals surface area contributed by atoms with Crippen LogP contribution < -0.4 is 28.4 Å². The van der Waals surface area contributed by atoms with Crippen LogP contribution in [-0.4, -0.2) is 39.6 Å². The number of hydrogen-bond donors (Lipinski definition) is 0. The summed E-state index contributed by atoms with van der Waals surface area (Å²) in [6.07, 6.45) is 21.9. The summed E-state index contributed by atoms with van der Waals surface area (Å²) in [6.45, 7) is 14.4. The van der Waals surface area contributed by atoms with Crippen molar-refractivity contribution >= 4 is 32.3 Å². The van der Waals surface area contributed by atoms with Gasteiger partial charge in [0, 0.05) is 0 Å². The molecule has 6 nitrogen and oxygen atoms in total. The Kier molecular flexibility index (Phi) is 17.9.